The summed E-state index contributed by atoms with van der Waals surface area (Å²) < 4.78 is 9.72. The summed E-state index contributed by atoms with van der Waals surface area (Å²) in [6.45, 7) is 0.251. The Kier molecular flexibility index (Phi) is 4.51. The molecule has 0 spiro atoms. The van der Waals surface area contributed by atoms with Crippen LogP contribution in [0.25, 0.3) is 0 Å². The molecule has 21 heavy (non-hydrogen) atoms. The molecule has 108 valence electrons. The number of carbonyl (C=O) groups is 3. The summed E-state index contributed by atoms with van der Waals surface area (Å²) in [5.41, 5.74) is 0.722. The van der Waals surface area contributed by atoms with E-state index in [1.807, 2.05) is 0 Å². The topological polar surface area (TPSA) is 105 Å². The van der Waals surface area contributed by atoms with Crippen molar-refractivity contribution in [2.45, 2.75) is 18.9 Å². The van der Waals surface area contributed by atoms with Gasteiger partial charge in [-0.25, -0.2) is 9.59 Å². The van der Waals surface area contributed by atoms with Crippen molar-refractivity contribution in [3.63, 3.8) is 0 Å². The van der Waals surface area contributed by atoms with E-state index in [1.165, 1.54) is 24.3 Å². The van der Waals surface area contributed by atoms with Gasteiger partial charge in [-0.05, 0) is 24.3 Å². The Bertz CT molecular complexity index is 603. The van der Waals surface area contributed by atoms with Gasteiger partial charge < -0.3 is 14.8 Å². The average Bonchev–Trinajstić information content (AvgIpc) is 2.85. The summed E-state index contributed by atoms with van der Waals surface area (Å²) >= 11 is 0. The van der Waals surface area contributed by atoms with Gasteiger partial charge in [-0.1, -0.05) is 0 Å². The van der Waals surface area contributed by atoms with Crippen LogP contribution in [0.4, 0.5) is 5.69 Å². The summed E-state index contributed by atoms with van der Waals surface area (Å²) in [6, 6.07) is 7.68. The highest BCUT2D eigenvalue weighted by Crippen LogP contribution is 2.15. The third kappa shape index (κ3) is 3.79. The van der Waals surface area contributed by atoms with Gasteiger partial charge in [-0.15, -0.1) is 0 Å². The predicted molar refractivity (Wildman–Crippen MR) is 70.1 cm³/mol. The van der Waals surface area contributed by atoms with Crippen LogP contribution >= 0.6 is 0 Å². The maximum atomic E-state index is 11.8. The lowest BCUT2D eigenvalue weighted by atomic mass is 10.2. The Morgan fingerprint density at radius 1 is 1.38 bits per heavy atom. The van der Waals surface area contributed by atoms with Crippen molar-refractivity contribution < 1.29 is 23.9 Å². The average molecular weight is 288 g/mol. The molecule has 1 amide bonds. The van der Waals surface area contributed by atoms with Crippen LogP contribution < -0.4 is 5.32 Å². The van der Waals surface area contributed by atoms with Crippen LogP contribution in [0, 0.1) is 11.3 Å². The van der Waals surface area contributed by atoms with Crippen LogP contribution in [0.1, 0.15) is 23.2 Å². The monoisotopic (exact) mass is 288 g/mol. The van der Waals surface area contributed by atoms with E-state index in [4.69, 9.17) is 14.7 Å². The van der Waals surface area contributed by atoms with Crippen molar-refractivity contribution in [3.05, 3.63) is 29.8 Å². The van der Waals surface area contributed by atoms with Crippen LogP contribution in [0.3, 0.4) is 0 Å². The molecule has 1 saturated heterocycles. The number of rotatable bonds is 4. The number of nitriles is 1. The lowest BCUT2D eigenvalue weighted by Gasteiger charge is -2.09. The number of benzene rings is 1. The molecule has 1 aliphatic rings. The zero-order chi connectivity index (χ0) is 15.2. The molecule has 1 heterocycles. The molecular formula is C14H12N2O5. The van der Waals surface area contributed by atoms with Crippen LogP contribution in [0.15, 0.2) is 24.3 Å². The van der Waals surface area contributed by atoms with Gasteiger partial charge in [-0.2, -0.15) is 5.26 Å². The minimum Gasteiger partial charge on any atom is -0.463 e. The molecule has 1 atom stereocenters. The molecule has 7 heteroatoms. The van der Waals surface area contributed by atoms with E-state index in [0.29, 0.717) is 12.1 Å². The van der Waals surface area contributed by atoms with E-state index >= 15 is 0 Å². The first-order valence-corrected chi connectivity index (χ1v) is 6.24. The number of esters is 2. The van der Waals surface area contributed by atoms with E-state index in [2.05, 4.69) is 5.32 Å². The molecule has 1 aliphatic heterocycles. The van der Waals surface area contributed by atoms with E-state index in [1.54, 1.807) is 6.07 Å². The fourth-order valence-corrected chi connectivity index (χ4v) is 1.75. The quantitative estimate of drug-likeness (QED) is 0.829. The van der Waals surface area contributed by atoms with Crippen LogP contribution in [0.2, 0.25) is 0 Å². The number of nitrogens with zero attached hydrogens (tertiary/aromatic N) is 1. The highest BCUT2D eigenvalue weighted by atomic mass is 16.6. The Hall–Kier alpha value is -2.88. The number of anilines is 1. The highest BCUT2D eigenvalue weighted by Gasteiger charge is 2.30. The van der Waals surface area contributed by atoms with Gasteiger partial charge in [0.1, 0.15) is 6.42 Å². The van der Waals surface area contributed by atoms with E-state index in [0.717, 1.165) is 0 Å². The standard InChI is InChI=1S/C14H12N2O5/c15-7-5-12(17)16-10-3-1-9(2-4-10)13(18)21-11-6-8-20-14(11)19/h1-4,11H,5-6,8H2,(H,16,17). The second-order valence-corrected chi connectivity index (χ2v) is 4.31. The fourth-order valence-electron chi connectivity index (χ4n) is 1.75. The molecule has 1 unspecified atom stereocenters. The molecule has 0 aromatic heterocycles. The van der Waals surface area contributed by atoms with Crippen molar-refractivity contribution in [3.8, 4) is 6.07 Å². The molecule has 0 aliphatic carbocycles. The summed E-state index contributed by atoms with van der Waals surface area (Å²) in [7, 11) is 0. The number of cyclic esters (lactones) is 1. The largest absolute Gasteiger partial charge is 0.463 e. The molecule has 0 bridgehead atoms. The molecular weight excluding hydrogens is 276 g/mol. The molecule has 0 radical (unpaired) electrons. The van der Waals surface area contributed by atoms with Crippen molar-refractivity contribution >= 4 is 23.5 Å². The third-order valence-corrected chi connectivity index (χ3v) is 2.78. The number of hydrogen-bond donors (Lipinski definition) is 1. The third-order valence-electron chi connectivity index (χ3n) is 2.78. The van der Waals surface area contributed by atoms with Gasteiger partial charge >= 0.3 is 11.9 Å². The van der Waals surface area contributed by atoms with Gasteiger partial charge in [0.2, 0.25) is 12.0 Å². The maximum Gasteiger partial charge on any atom is 0.347 e. The molecule has 7 nitrogen and oxygen atoms in total. The van der Waals surface area contributed by atoms with Gasteiger partial charge in [0.25, 0.3) is 0 Å². The summed E-state index contributed by atoms with van der Waals surface area (Å²) in [4.78, 5) is 34.2. The predicted octanol–water partition coefficient (Wildman–Crippen LogP) is 1.01. The molecule has 1 N–H and O–H groups in total. The highest BCUT2D eigenvalue weighted by molar-refractivity contribution is 5.94. The van der Waals surface area contributed by atoms with Crippen molar-refractivity contribution in [1.29, 1.82) is 5.26 Å². The lowest BCUT2D eigenvalue weighted by Crippen LogP contribution is -2.22. The van der Waals surface area contributed by atoms with Crippen LogP contribution in [-0.4, -0.2) is 30.6 Å². The zero-order valence-corrected chi connectivity index (χ0v) is 11.0. The Morgan fingerprint density at radius 3 is 2.67 bits per heavy atom. The van der Waals surface area contributed by atoms with Crippen molar-refractivity contribution in [2.24, 2.45) is 0 Å². The van der Waals surface area contributed by atoms with Gasteiger partial charge in [0, 0.05) is 12.1 Å². The SMILES string of the molecule is N#CCC(=O)Nc1ccc(C(=O)OC2CCOC2=O)cc1. The van der Waals surface area contributed by atoms with Crippen LogP contribution in [0.5, 0.6) is 0 Å². The Labute approximate surface area is 120 Å². The Balaban J connectivity index is 1.95. The molecule has 1 fully saturated rings. The first kappa shape index (κ1) is 14.5. The van der Waals surface area contributed by atoms with E-state index in [9.17, 15) is 14.4 Å². The molecule has 0 saturated carbocycles. The number of nitrogens with one attached hydrogen (secondary N) is 1. The number of carbonyl (C=O) groups excluding carboxylic acids is 3. The second kappa shape index (κ2) is 6.52. The summed E-state index contributed by atoms with van der Waals surface area (Å²) in [5.74, 6) is -1.60. The van der Waals surface area contributed by atoms with Crippen molar-refractivity contribution in [2.75, 3.05) is 11.9 Å². The van der Waals surface area contributed by atoms with Gasteiger partial charge in [0.05, 0.1) is 18.2 Å². The summed E-state index contributed by atoms with van der Waals surface area (Å²) in [5, 5.41) is 10.9. The fraction of sp³-hybridized carbons (Fsp3) is 0.286. The van der Waals surface area contributed by atoms with Crippen molar-refractivity contribution in [1.82, 2.24) is 0 Å². The Morgan fingerprint density at radius 2 is 2.10 bits per heavy atom. The minimum absolute atomic E-state index is 0.242. The lowest BCUT2D eigenvalue weighted by molar-refractivity contribution is -0.145. The van der Waals surface area contributed by atoms with Gasteiger partial charge in [0.15, 0.2) is 0 Å². The van der Waals surface area contributed by atoms with E-state index in [-0.39, 0.29) is 18.6 Å². The second-order valence-electron chi connectivity index (χ2n) is 4.31. The van der Waals surface area contributed by atoms with Crippen LogP contribution in [-0.2, 0) is 19.1 Å². The zero-order valence-electron chi connectivity index (χ0n) is 11.0. The first-order chi connectivity index (χ1) is 10.1. The number of hydrogen-bond acceptors (Lipinski definition) is 6. The van der Waals surface area contributed by atoms with E-state index < -0.39 is 23.9 Å². The minimum atomic E-state index is -0.854. The van der Waals surface area contributed by atoms with Gasteiger partial charge in [-0.3, -0.25) is 4.79 Å². The number of ether oxygens (including phenoxy) is 2. The first-order valence-electron chi connectivity index (χ1n) is 6.24. The molecule has 2 rings (SSSR count). The molecule has 1 aromatic carbocycles. The molecule has 1 aromatic rings. The normalized spacial score (nSPS) is 16.7. The smallest absolute Gasteiger partial charge is 0.347 e. The summed E-state index contributed by atoms with van der Waals surface area (Å²) in [6.07, 6.45) is -0.743. The number of amides is 1. The maximum absolute atomic E-state index is 11.8.